The van der Waals surface area contributed by atoms with Crippen LogP contribution in [-0.4, -0.2) is 16.2 Å². The Morgan fingerprint density at radius 1 is 1.50 bits per heavy atom. The van der Waals surface area contributed by atoms with Gasteiger partial charge >= 0.3 is 5.97 Å². The summed E-state index contributed by atoms with van der Waals surface area (Å²) in [5.74, 6) is -1.13. The zero-order valence-corrected chi connectivity index (χ0v) is 7.90. The maximum atomic E-state index is 10.7. The van der Waals surface area contributed by atoms with E-state index in [2.05, 4.69) is 0 Å². The molecule has 0 saturated heterocycles. The lowest BCUT2D eigenvalue weighted by Crippen LogP contribution is -2.09. The zero-order valence-electron chi connectivity index (χ0n) is 7.90. The maximum absolute atomic E-state index is 10.7. The highest BCUT2D eigenvalue weighted by Gasteiger charge is 2.10. The molecule has 1 rings (SSSR count). The van der Waals surface area contributed by atoms with Gasteiger partial charge in [0.1, 0.15) is 5.75 Å². The highest BCUT2D eigenvalue weighted by atomic mass is 16.4. The summed E-state index contributed by atoms with van der Waals surface area (Å²) in [6.45, 7) is 1.90. The molecule has 0 aromatic heterocycles. The first kappa shape index (κ1) is 10.5. The maximum Gasteiger partial charge on any atom is 0.335 e. The molecular weight excluding hydrogens is 182 g/mol. The van der Waals surface area contributed by atoms with Crippen LogP contribution in [0.1, 0.15) is 35.3 Å². The molecule has 4 N–H and O–H groups in total. The second kappa shape index (κ2) is 4.11. The third-order valence-corrected chi connectivity index (χ3v) is 2.06. The molecule has 14 heavy (non-hydrogen) atoms. The molecule has 0 unspecified atom stereocenters. The van der Waals surface area contributed by atoms with E-state index in [-0.39, 0.29) is 17.4 Å². The standard InChI is InChI=1S/C10H13NO3/c1-2-9(11)6-3-7(10(13)14)5-8(12)4-6/h3-5,9,12H,2,11H2,1H3,(H,13,14)/t9-/m0/s1. The first-order chi connectivity index (χ1) is 6.54. The molecule has 1 aromatic carbocycles. The van der Waals surface area contributed by atoms with Crippen molar-refractivity contribution < 1.29 is 15.0 Å². The average Bonchev–Trinajstić information content (AvgIpc) is 2.15. The molecule has 0 radical (unpaired) electrons. The van der Waals surface area contributed by atoms with E-state index in [9.17, 15) is 9.90 Å². The van der Waals surface area contributed by atoms with Crippen LogP contribution in [0.3, 0.4) is 0 Å². The number of phenols is 1. The topological polar surface area (TPSA) is 83.5 Å². The van der Waals surface area contributed by atoms with Crippen LogP contribution in [0, 0.1) is 0 Å². The van der Waals surface area contributed by atoms with Crippen molar-refractivity contribution in [1.29, 1.82) is 0 Å². The van der Waals surface area contributed by atoms with E-state index in [1.54, 1.807) is 0 Å². The number of carboxylic acid groups (broad SMARTS) is 1. The van der Waals surface area contributed by atoms with Gasteiger partial charge in [0, 0.05) is 6.04 Å². The summed E-state index contributed by atoms with van der Waals surface area (Å²) in [7, 11) is 0. The van der Waals surface area contributed by atoms with Gasteiger partial charge in [0.05, 0.1) is 5.56 Å². The highest BCUT2D eigenvalue weighted by Crippen LogP contribution is 2.21. The number of phenolic OH excluding ortho intramolecular Hbond substituents is 1. The first-order valence-corrected chi connectivity index (χ1v) is 4.37. The van der Waals surface area contributed by atoms with Crippen molar-refractivity contribution in [2.24, 2.45) is 5.73 Å². The molecule has 4 nitrogen and oxygen atoms in total. The first-order valence-electron chi connectivity index (χ1n) is 4.37. The molecule has 0 heterocycles. The fourth-order valence-electron chi connectivity index (χ4n) is 1.21. The lowest BCUT2D eigenvalue weighted by atomic mass is 10.0. The van der Waals surface area contributed by atoms with Gasteiger partial charge in [0.2, 0.25) is 0 Å². The van der Waals surface area contributed by atoms with Crippen molar-refractivity contribution in [2.45, 2.75) is 19.4 Å². The summed E-state index contributed by atoms with van der Waals surface area (Å²) in [6, 6.07) is 3.94. The van der Waals surface area contributed by atoms with Gasteiger partial charge in [-0.05, 0) is 30.2 Å². The summed E-state index contributed by atoms with van der Waals surface area (Å²) < 4.78 is 0. The quantitative estimate of drug-likeness (QED) is 0.682. The van der Waals surface area contributed by atoms with E-state index >= 15 is 0 Å². The van der Waals surface area contributed by atoms with Crippen LogP contribution in [0.5, 0.6) is 5.75 Å². The van der Waals surface area contributed by atoms with Crippen LogP contribution in [0.15, 0.2) is 18.2 Å². The van der Waals surface area contributed by atoms with Crippen LogP contribution in [0.25, 0.3) is 0 Å². The minimum absolute atomic E-state index is 0.0592. The van der Waals surface area contributed by atoms with E-state index in [4.69, 9.17) is 10.8 Å². The van der Waals surface area contributed by atoms with Gasteiger partial charge in [-0.3, -0.25) is 0 Å². The summed E-state index contributed by atoms with van der Waals surface area (Å²) in [6.07, 6.45) is 0.697. The lowest BCUT2D eigenvalue weighted by molar-refractivity contribution is 0.0696. The Morgan fingerprint density at radius 2 is 2.14 bits per heavy atom. The number of carbonyl (C=O) groups is 1. The van der Waals surface area contributed by atoms with Crippen molar-refractivity contribution in [3.8, 4) is 5.75 Å². The van der Waals surface area contributed by atoms with Crippen LogP contribution in [0.4, 0.5) is 0 Å². The summed E-state index contributed by atoms with van der Waals surface area (Å²) in [5, 5.41) is 18.0. The van der Waals surface area contributed by atoms with E-state index in [1.807, 2.05) is 6.92 Å². The van der Waals surface area contributed by atoms with Gasteiger partial charge in [0.15, 0.2) is 0 Å². The van der Waals surface area contributed by atoms with Crippen molar-refractivity contribution >= 4 is 5.97 Å². The second-order valence-corrected chi connectivity index (χ2v) is 3.13. The number of carboxylic acids is 1. The van der Waals surface area contributed by atoms with E-state index < -0.39 is 5.97 Å². The number of hydrogen-bond donors (Lipinski definition) is 3. The van der Waals surface area contributed by atoms with Gasteiger partial charge in [-0.15, -0.1) is 0 Å². The van der Waals surface area contributed by atoms with Gasteiger partial charge in [-0.1, -0.05) is 6.92 Å². The number of aromatic hydroxyl groups is 1. The molecule has 0 aliphatic rings. The Labute approximate surface area is 82.0 Å². The van der Waals surface area contributed by atoms with Crippen molar-refractivity contribution in [3.05, 3.63) is 29.3 Å². The Morgan fingerprint density at radius 3 is 2.64 bits per heavy atom. The molecule has 0 aliphatic heterocycles. The minimum atomic E-state index is -1.06. The molecule has 1 atom stereocenters. The molecular formula is C10H13NO3. The van der Waals surface area contributed by atoms with Gasteiger partial charge in [-0.25, -0.2) is 4.79 Å². The van der Waals surface area contributed by atoms with Crippen LogP contribution >= 0.6 is 0 Å². The number of nitrogens with two attached hydrogens (primary N) is 1. The summed E-state index contributed by atoms with van der Waals surface area (Å²) in [5.41, 5.74) is 6.43. The summed E-state index contributed by atoms with van der Waals surface area (Å²) in [4.78, 5) is 10.7. The van der Waals surface area contributed by atoms with E-state index in [0.29, 0.717) is 12.0 Å². The SMILES string of the molecule is CC[C@H](N)c1cc(O)cc(C(=O)O)c1. The number of hydrogen-bond acceptors (Lipinski definition) is 3. The van der Waals surface area contributed by atoms with Crippen molar-refractivity contribution in [1.82, 2.24) is 0 Å². The third kappa shape index (κ3) is 2.23. The molecule has 0 bridgehead atoms. The fourth-order valence-corrected chi connectivity index (χ4v) is 1.21. The predicted molar refractivity (Wildman–Crippen MR) is 52.3 cm³/mol. The minimum Gasteiger partial charge on any atom is -0.508 e. The molecule has 4 heteroatoms. The molecule has 76 valence electrons. The Balaban J connectivity index is 3.13. The second-order valence-electron chi connectivity index (χ2n) is 3.13. The molecule has 0 aliphatic carbocycles. The number of aromatic carboxylic acids is 1. The van der Waals surface area contributed by atoms with Crippen LogP contribution in [0.2, 0.25) is 0 Å². The predicted octanol–water partition coefficient (Wildman–Crippen LogP) is 1.50. The van der Waals surface area contributed by atoms with Gasteiger partial charge in [0.25, 0.3) is 0 Å². The molecule has 0 amide bonds. The average molecular weight is 195 g/mol. The lowest BCUT2D eigenvalue weighted by Gasteiger charge is -2.10. The zero-order chi connectivity index (χ0) is 10.7. The highest BCUT2D eigenvalue weighted by molar-refractivity contribution is 5.88. The molecule has 0 spiro atoms. The fraction of sp³-hybridized carbons (Fsp3) is 0.300. The Kier molecular flexibility index (Phi) is 3.09. The van der Waals surface area contributed by atoms with Gasteiger partial charge < -0.3 is 15.9 Å². The van der Waals surface area contributed by atoms with Crippen molar-refractivity contribution in [3.63, 3.8) is 0 Å². The third-order valence-electron chi connectivity index (χ3n) is 2.06. The van der Waals surface area contributed by atoms with E-state index in [0.717, 1.165) is 0 Å². The summed E-state index contributed by atoms with van der Waals surface area (Å²) >= 11 is 0. The normalized spacial score (nSPS) is 12.4. The monoisotopic (exact) mass is 195 g/mol. The van der Waals surface area contributed by atoms with Crippen molar-refractivity contribution in [2.75, 3.05) is 0 Å². The van der Waals surface area contributed by atoms with Gasteiger partial charge in [-0.2, -0.15) is 0 Å². The molecule has 0 fully saturated rings. The largest absolute Gasteiger partial charge is 0.508 e. The van der Waals surface area contributed by atoms with Crippen LogP contribution < -0.4 is 5.73 Å². The molecule has 0 saturated carbocycles. The number of benzene rings is 1. The van der Waals surface area contributed by atoms with Crippen LogP contribution in [-0.2, 0) is 0 Å². The molecule has 1 aromatic rings. The smallest absolute Gasteiger partial charge is 0.335 e. The van der Waals surface area contributed by atoms with E-state index in [1.165, 1.54) is 18.2 Å². The number of rotatable bonds is 3. The Bertz CT molecular complexity index is 349. The Hall–Kier alpha value is -1.55.